The van der Waals surface area contributed by atoms with Gasteiger partial charge in [0.05, 0.1) is 5.69 Å². The fraction of sp³-hybridized carbons (Fsp3) is 0.200. The summed E-state index contributed by atoms with van der Waals surface area (Å²) in [6.45, 7) is 2.75. The van der Waals surface area contributed by atoms with Gasteiger partial charge in [-0.25, -0.2) is 9.50 Å². The molecule has 0 N–H and O–H groups in total. The van der Waals surface area contributed by atoms with E-state index in [2.05, 4.69) is 15.0 Å². The molecule has 4 nitrogen and oxygen atoms in total. The highest BCUT2D eigenvalue weighted by Crippen LogP contribution is 2.20. The van der Waals surface area contributed by atoms with Crippen molar-refractivity contribution in [3.05, 3.63) is 59.0 Å². The molecule has 0 saturated heterocycles. The number of halogens is 1. The lowest BCUT2D eigenvalue weighted by atomic mass is 10.2. The van der Waals surface area contributed by atoms with Crippen molar-refractivity contribution in [1.29, 1.82) is 0 Å². The molecule has 2 aromatic heterocycles. The number of aromatic nitrogens is 3. The van der Waals surface area contributed by atoms with Crippen LogP contribution in [0.5, 0.6) is 0 Å². The molecule has 0 fully saturated rings. The van der Waals surface area contributed by atoms with Crippen molar-refractivity contribution >= 4 is 22.9 Å². The third-order valence-corrected chi connectivity index (χ3v) is 3.44. The zero-order chi connectivity index (χ0) is 14.1. The highest BCUT2D eigenvalue weighted by molar-refractivity contribution is 6.30. The molecule has 0 aliphatic heterocycles. The van der Waals surface area contributed by atoms with Gasteiger partial charge in [-0.2, -0.15) is 5.10 Å². The summed E-state index contributed by atoms with van der Waals surface area (Å²) in [6, 6.07) is 9.91. The number of fused-ring (bicyclic) bond motifs is 1. The Morgan fingerprint density at radius 3 is 2.75 bits per heavy atom. The Hall–Kier alpha value is -2.07. The van der Waals surface area contributed by atoms with Crippen LogP contribution in [0.2, 0.25) is 5.02 Å². The molecule has 5 heteroatoms. The molecule has 20 heavy (non-hydrogen) atoms. The summed E-state index contributed by atoms with van der Waals surface area (Å²) in [6.07, 6.45) is 3.63. The minimum absolute atomic E-state index is 0.753. The van der Waals surface area contributed by atoms with Gasteiger partial charge in [0, 0.05) is 31.0 Å². The van der Waals surface area contributed by atoms with Crippen molar-refractivity contribution in [3.63, 3.8) is 0 Å². The van der Waals surface area contributed by atoms with Crippen molar-refractivity contribution in [3.8, 4) is 0 Å². The summed E-state index contributed by atoms with van der Waals surface area (Å²) in [5, 5.41) is 5.16. The van der Waals surface area contributed by atoms with Crippen LogP contribution in [0.1, 0.15) is 11.3 Å². The number of aryl methyl sites for hydroxylation is 1. The lowest BCUT2D eigenvalue weighted by Gasteiger charge is -2.19. The van der Waals surface area contributed by atoms with E-state index in [1.807, 2.05) is 55.0 Å². The first-order valence-corrected chi connectivity index (χ1v) is 6.78. The van der Waals surface area contributed by atoms with Gasteiger partial charge in [0.15, 0.2) is 5.82 Å². The molecule has 2 heterocycles. The van der Waals surface area contributed by atoms with Gasteiger partial charge in [-0.15, -0.1) is 0 Å². The standard InChI is InChI=1S/C15H15ClN4/c1-11-9-14-15(17-7-8-20(14)18-11)19(2)10-12-3-5-13(16)6-4-12/h3-9H,10H2,1-2H3. The first-order chi connectivity index (χ1) is 9.63. The molecule has 3 aromatic rings. The topological polar surface area (TPSA) is 33.4 Å². The SMILES string of the molecule is Cc1cc2c(N(C)Cc3ccc(Cl)cc3)nccn2n1. The van der Waals surface area contributed by atoms with Gasteiger partial charge >= 0.3 is 0 Å². The largest absolute Gasteiger partial charge is 0.354 e. The van der Waals surface area contributed by atoms with Crippen molar-refractivity contribution in [2.45, 2.75) is 13.5 Å². The monoisotopic (exact) mass is 286 g/mol. The normalized spacial score (nSPS) is 10.9. The van der Waals surface area contributed by atoms with E-state index in [4.69, 9.17) is 11.6 Å². The van der Waals surface area contributed by atoms with E-state index < -0.39 is 0 Å². The van der Waals surface area contributed by atoms with Gasteiger partial charge in [0.1, 0.15) is 5.52 Å². The van der Waals surface area contributed by atoms with Gasteiger partial charge in [0.25, 0.3) is 0 Å². The molecule has 0 bridgehead atoms. The van der Waals surface area contributed by atoms with Crippen LogP contribution >= 0.6 is 11.6 Å². The fourth-order valence-corrected chi connectivity index (χ4v) is 2.39. The van der Waals surface area contributed by atoms with Gasteiger partial charge < -0.3 is 4.90 Å². The molecular formula is C15H15ClN4. The summed E-state index contributed by atoms with van der Waals surface area (Å²) >= 11 is 5.91. The molecule has 0 spiro atoms. The minimum atomic E-state index is 0.753. The van der Waals surface area contributed by atoms with E-state index in [0.29, 0.717) is 0 Å². The lowest BCUT2D eigenvalue weighted by molar-refractivity contribution is 0.872. The Labute approximate surface area is 122 Å². The average Bonchev–Trinajstić information content (AvgIpc) is 2.81. The molecule has 1 aromatic carbocycles. The Kier molecular flexibility index (Phi) is 3.32. The Balaban J connectivity index is 1.92. The number of anilines is 1. The first kappa shape index (κ1) is 12.9. The second kappa shape index (κ2) is 5.13. The fourth-order valence-electron chi connectivity index (χ4n) is 2.26. The molecule has 0 radical (unpaired) electrons. The van der Waals surface area contributed by atoms with Gasteiger partial charge in [0.2, 0.25) is 0 Å². The lowest BCUT2D eigenvalue weighted by Crippen LogP contribution is -2.18. The maximum atomic E-state index is 5.91. The van der Waals surface area contributed by atoms with Crippen LogP contribution in [-0.2, 0) is 6.54 Å². The van der Waals surface area contributed by atoms with Crippen LogP contribution in [0.15, 0.2) is 42.7 Å². The zero-order valence-electron chi connectivity index (χ0n) is 11.4. The van der Waals surface area contributed by atoms with Crippen molar-refractivity contribution < 1.29 is 0 Å². The van der Waals surface area contributed by atoms with Crippen LogP contribution in [0.3, 0.4) is 0 Å². The van der Waals surface area contributed by atoms with Crippen LogP contribution < -0.4 is 4.90 Å². The summed E-state index contributed by atoms with van der Waals surface area (Å²) in [4.78, 5) is 6.58. The predicted octanol–water partition coefficient (Wildman–Crippen LogP) is 3.33. The molecule has 0 saturated carbocycles. The molecule has 0 unspecified atom stereocenters. The second-order valence-electron chi connectivity index (χ2n) is 4.85. The third kappa shape index (κ3) is 2.47. The average molecular weight is 287 g/mol. The van der Waals surface area contributed by atoms with Crippen LogP contribution in [0.25, 0.3) is 5.52 Å². The predicted molar refractivity (Wildman–Crippen MR) is 81.3 cm³/mol. The van der Waals surface area contributed by atoms with Crippen molar-refractivity contribution in [1.82, 2.24) is 14.6 Å². The van der Waals surface area contributed by atoms with Gasteiger partial charge in [-0.05, 0) is 30.7 Å². The third-order valence-electron chi connectivity index (χ3n) is 3.19. The first-order valence-electron chi connectivity index (χ1n) is 6.40. The van der Waals surface area contributed by atoms with E-state index in [1.165, 1.54) is 5.56 Å². The van der Waals surface area contributed by atoms with E-state index in [0.717, 1.165) is 28.6 Å². The molecule has 0 amide bonds. The maximum absolute atomic E-state index is 5.91. The number of hydrogen-bond acceptors (Lipinski definition) is 3. The molecule has 102 valence electrons. The molecule has 0 aliphatic carbocycles. The van der Waals surface area contributed by atoms with E-state index in [1.54, 1.807) is 6.20 Å². The summed E-state index contributed by atoms with van der Waals surface area (Å²) < 4.78 is 1.86. The summed E-state index contributed by atoms with van der Waals surface area (Å²) in [5.41, 5.74) is 3.19. The van der Waals surface area contributed by atoms with Crippen molar-refractivity contribution in [2.75, 3.05) is 11.9 Å². The highest BCUT2D eigenvalue weighted by Gasteiger charge is 2.10. The van der Waals surface area contributed by atoms with E-state index in [-0.39, 0.29) is 0 Å². The van der Waals surface area contributed by atoms with Gasteiger partial charge in [-0.1, -0.05) is 23.7 Å². The molecule has 3 rings (SSSR count). The van der Waals surface area contributed by atoms with Gasteiger partial charge in [-0.3, -0.25) is 0 Å². The summed E-state index contributed by atoms with van der Waals surface area (Å²) in [7, 11) is 2.03. The zero-order valence-corrected chi connectivity index (χ0v) is 12.2. The number of rotatable bonds is 3. The Bertz CT molecular complexity index is 733. The summed E-state index contributed by atoms with van der Waals surface area (Å²) in [5.74, 6) is 0.919. The molecular weight excluding hydrogens is 272 g/mol. The molecule has 0 atom stereocenters. The van der Waals surface area contributed by atoms with Crippen LogP contribution in [0, 0.1) is 6.92 Å². The Morgan fingerprint density at radius 1 is 1.25 bits per heavy atom. The van der Waals surface area contributed by atoms with Crippen LogP contribution in [0.4, 0.5) is 5.82 Å². The highest BCUT2D eigenvalue weighted by atomic mass is 35.5. The quantitative estimate of drug-likeness (QED) is 0.740. The Morgan fingerprint density at radius 2 is 2.00 bits per heavy atom. The number of hydrogen-bond donors (Lipinski definition) is 0. The van der Waals surface area contributed by atoms with E-state index in [9.17, 15) is 0 Å². The van der Waals surface area contributed by atoms with E-state index >= 15 is 0 Å². The van der Waals surface area contributed by atoms with Crippen molar-refractivity contribution in [2.24, 2.45) is 0 Å². The smallest absolute Gasteiger partial charge is 0.154 e. The maximum Gasteiger partial charge on any atom is 0.154 e. The van der Waals surface area contributed by atoms with Crippen LogP contribution in [-0.4, -0.2) is 21.6 Å². The number of nitrogens with zero attached hydrogens (tertiary/aromatic N) is 4. The number of benzene rings is 1. The molecule has 0 aliphatic rings. The minimum Gasteiger partial charge on any atom is -0.354 e. The second-order valence-corrected chi connectivity index (χ2v) is 5.29.